The first kappa shape index (κ1) is 18.5. The SMILES string of the molecule is COc1ccccc1-n1nc(C(=O)Nc2cc(Cl)ccc2C)c(O)cc1=O. The number of aromatic hydroxyl groups is 1. The number of amides is 1. The molecule has 0 aliphatic rings. The summed E-state index contributed by atoms with van der Waals surface area (Å²) in [6, 6.07) is 12.7. The van der Waals surface area contributed by atoms with Gasteiger partial charge in [0.05, 0.1) is 7.11 Å². The molecule has 0 aliphatic heterocycles. The van der Waals surface area contributed by atoms with E-state index < -0.39 is 17.2 Å². The number of carbonyl (C=O) groups excluding carboxylic acids is 1. The highest BCUT2D eigenvalue weighted by Gasteiger charge is 2.19. The summed E-state index contributed by atoms with van der Waals surface area (Å²) in [5.74, 6) is -0.806. The predicted octanol–water partition coefficient (Wildman–Crippen LogP) is 3.16. The van der Waals surface area contributed by atoms with Gasteiger partial charge < -0.3 is 15.2 Å². The summed E-state index contributed by atoms with van der Waals surface area (Å²) in [6.45, 7) is 1.80. The molecule has 3 rings (SSSR count). The van der Waals surface area contributed by atoms with E-state index in [1.165, 1.54) is 7.11 Å². The number of halogens is 1. The molecule has 0 saturated carbocycles. The summed E-state index contributed by atoms with van der Waals surface area (Å²) in [5, 5.41) is 17.2. The van der Waals surface area contributed by atoms with Gasteiger partial charge in [-0.05, 0) is 36.8 Å². The second-order valence-corrected chi connectivity index (χ2v) is 6.15. The van der Waals surface area contributed by atoms with E-state index in [1.54, 1.807) is 49.4 Å². The van der Waals surface area contributed by atoms with Crippen molar-refractivity contribution in [1.29, 1.82) is 0 Å². The summed E-state index contributed by atoms with van der Waals surface area (Å²) in [6.07, 6.45) is 0. The van der Waals surface area contributed by atoms with Crippen LogP contribution < -0.4 is 15.6 Å². The van der Waals surface area contributed by atoms with E-state index in [2.05, 4.69) is 10.4 Å². The molecule has 0 radical (unpaired) electrons. The van der Waals surface area contributed by atoms with Crippen LogP contribution in [0.25, 0.3) is 5.69 Å². The molecular weight excluding hydrogens is 370 g/mol. The fourth-order valence-corrected chi connectivity index (χ4v) is 2.67. The number of anilines is 1. The molecule has 138 valence electrons. The van der Waals surface area contributed by atoms with E-state index in [0.29, 0.717) is 22.1 Å². The van der Waals surface area contributed by atoms with Crippen LogP contribution >= 0.6 is 11.6 Å². The monoisotopic (exact) mass is 385 g/mol. The second kappa shape index (κ2) is 7.51. The van der Waals surface area contributed by atoms with Crippen LogP contribution in [0, 0.1) is 6.92 Å². The number of methoxy groups -OCH3 is 1. The average molecular weight is 386 g/mol. The van der Waals surface area contributed by atoms with Crippen LogP contribution in [0.2, 0.25) is 5.02 Å². The lowest BCUT2D eigenvalue weighted by atomic mass is 10.2. The Morgan fingerprint density at radius 2 is 1.96 bits per heavy atom. The predicted molar refractivity (Wildman–Crippen MR) is 102 cm³/mol. The largest absolute Gasteiger partial charge is 0.505 e. The molecule has 0 unspecified atom stereocenters. The number of carbonyl (C=O) groups is 1. The van der Waals surface area contributed by atoms with Crippen molar-refractivity contribution >= 4 is 23.2 Å². The molecule has 0 spiro atoms. The fourth-order valence-electron chi connectivity index (χ4n) is 2.50. The van der Waals surface area contributed by atoms with Gasteiger partial charge in [-0.15, -0.1) is 0 Å². The highest BCUT2D eigenvalue weighted by Crippen LogP contribution is 2.23. The first-order valence-electron chi connectivity index (χ1n) is 7.95. The first-order chi connectivity index (χ1) is 12.9. The Hall–Kier alpha value is -3.32. The van der Waals surface area contributed by atoms with E-state index in [9.17, 15) is 14.7 Å². The third-order valence-corrected chi connectivity index (χ3v) is 4.12. The highest BCUT2D eigenvalue weighted by molar-refractivity contribution is 6.31. The average Bonchev–Trinajstić information content (AvgIpc) is 2.64. The number of benzene rings is 2. The van der Waals surface area contributed by atoms with Crippen LogP contribution in [-0.2, 0) is 0 Å². The lowest BCUT2D eigenvalue weighted by molar-refractivity contribution is 0.101. The van der Waals surface area contributed by atoms with E-state index in [0.717, 1.165) is 16.3 Å². The van der Waals surface area contributed by atoms with Gasteiger partial charge in [-0.25, -0.2) is 0 Å². The van der Waals surface area contributed by atoms with Crippen molar-refractivity contribution in [1.82, 2.24) is 9.78 Å². The molecule has 8 heteroatoms. The highest BCUT2D eigenvalue weighted by atomic mass is 35.5. The van der Waals surface area contributed by atoms with Gasteiger partial charge >= 0.3 is 0 Å². The van der Waals surface area contributed by atoms with Crippen LogP contribution in [-0.4, -0.2) is 27.9 Å². The maximum Gasteiger partial charge on any atom is 0.280 e. The van der Waals surface area contributed by atoms with Crippen molar-refractivity contribution in [3.05, 3.63) is 75.2 Å². The Balaban J connectivity index is 2.05. The number of aromatic nitrogens is 2. The molecule has 1 aromatic heterocycles. The molecule has 0 atom stereocenters. The number of para-hydroxylation sites is 2. The molecule has 2 aromatic carbocycles. The van der Waals surface area contributed by atoms with Crippen LogP contribution in [0.4, 0.5) is 5.69 Å². The lowest BCUT2D eigenvalue weighted by Crippen LogP contribution is -2.25. The minimum Gasteiger partial charge on any atom is -0.505 e. The molecule has 0 aliphatic carbocycles. The zero-order chi connectivity index (χ0) is 19.6. The van der Waals surface area contributed by atoms with Gasteiger partial charge in [0.15, 0.2) is 11.4 Å². The van der Waals surface area contributed by atoms with Gasteiger partial charge in [-0.3, -0.25) is 9.59 Å². The zero-order valence-corrected chi connectivity index (χ0v) is 15.3. The Morgan fingerprint density at radius 1 is 1.22 bits per heavy atom. The van der Waals surface area contributed by atoms with Gasteiger partial charge in [0.25, 0.3) is 11.5 Å². The van der Waals surface area contributed by atoms with Crippen LogP contribution in [0.15, 0.2) is 53.3 Å². The normalized spacial score (nSPS) is 10.5. The summed E-state index contributed by atoms with van der Waals surface area (Å²) < 4.78 is 6.23. The van der Waals surface area contributed by atoms with Crippen molar-refractivity contribution in [2.24, 2.45) is 0 Å². The standard InChI is InChI=1S/C19H16ClN3O4/c1-11-7-8-12(20)9-13(11)21-19(26)18-15(24)10-17(25)23(22-18)14-5-3-4-6-16(14)27-2/h3-10,24H,1-2H3,(H,21,26). The zero-order valence-electron chi connectivity index (χ0n) is 14.6. The van der Waals surface area contributed by atoms with Crippen molar-refractivity contribution in [3.8, 4) is 17.2 Å². The maximum atomic E-state index is 12.6. The molecule has 0 saturated heterocycles. The van der Waals surface area contributed by atoms with Gasteiger partial charge in [0.2, 0.25) is 0 Å². The second-order valence-electron chi connectivity index (χ2n) is 5.71. The number of hydrogen-bond donors (Lipinski definition) is 2. The maximum absolute atomic E-state index is 12.6. The third-order valence-electron chi connectivity index (χ3n) is 3.89. The van der Waals surface area contributed by atoms with E-state index in [1.807, 2.05) is 0 Å². The van der Waals surface area contributed by atoms with Gasteiger partial charge in [-0.1, -0.05) is 29.8 Å². The molecule has 2 N–H and O–H groups in total. The van der Waals surface area contributed by atoms with E-state index in [-0.39, 0.29) is 5.69 Å². The molecule has 3 aromatic rings. The molecule has 1 amide bonds. The van der Waals surface area contributed by atoms with Crippen LogP contribution in [0.3, 0.4) is 0 Å². The third kappa shape index (κ3) is 3.78. The quantitative estimate of drug-likeness (QED) is 0.719. The molecular formula is C19H16ClN3O4. The fraction of sp³-hybridized carbons (Fsp3) is 0.105. The summed E-state index contributed by atoms with van der Waals surface area (Å²) >= 11 is 5.96. The van der Waals surface area contributed by atoms with E-state index in [4.69, 9.17) is 16.3 Å². The number of ether oxygens (including phenoxy) is 1. The Morgan fingerprint density at radius 3 is 2.70 bits per heavy atom. The van der Waals surface area contributed by atoms with Crippen molar-refractivity contribution in [2.75, 3.05) is 12.4 Å². The number of nitrogens with one attached hydrogen (secondary N) is 1. The molecule has 7 nitrogen and oxygen atoms in total. The first-order valence-corrected chi connectivity index (χ1v) is 8.32. The molecule has 1 heterocycles. The van der Waals surface area contributed by atoms with Crippen LogP contribution in [0.5, 0.6) is 11.5 Å². The minimum absolute atomic E-state index is 0.306. The lowest BCUT2D eigenvalue weighted by Gasteiger charge is -2.12. The van der Waals surface area contributed by atoms with Gasteiger partial charge in [0.1, 0.15) is 11.4 Å². The Bertz CT molecular complexity index is 1080. The van der Waals surface area contributed by atoms with Crippen LogP contribution in [0.1, 0.15) is 16.1 Å². The topological polar surface area (TPSA) is 93.5 Å². The number of rotatable bonds is 4. The molecule has 27 heavy (non-hydrogen) atoms. The van der Waals surface area contributed by atoms with Gasteiger partial charge in [0, 0.05) is 16.8 Å². The summed E-state index contributed by atoms with van der Waals surface area (Å²) in [4.78, 5) is 24.9. The van der Waals surface area contributed by atoms with Crippen molar-refractivity contribution < 1.29 is 14.6 Å². The number of nitrogens with zero attached hydrogens (tertiary/aromatic N) is 2. The summed E-state index contributed by atoms with van der Waals surface area (Å²) in [5.41, 5.74) is 0.694. The van der Waals surface area contributed by atoms with Crippen molar-refractivity contribution in [3.63, 3.8) is 0 Å². The van der Waals surface area contributed by atoms with E-state index >= 15 is 0 Å². The number of aryl methyl sites for hydroxylation is 1. The Labute approximate surface area is 159 Å². The molecule has 0 fully saturated rings. The van der Waals surface area contributed by atoms with Gasteiger partial charge in [-0.2, -0.15) is 9.78 Å². The Kier molecular flexibility index (Phi) is 5.14. The summed E-state index contributed by atoms with van der Waals surface area (Å²) in [7, 11) is 1.46. The van der Waals surface area contributed by atoms with Crippen molar-refractivity contribution in [2.45, 2.75) is 6.92 Å². The minimum atomic E-state index is -0.679. The molecule has 0 bridgehead atoms. The smallest absolute Gasteiger partial charge is 0.280 e. The number of hydrogen-bond acceptors (Lipinski definition) is 5.